The van der Waals surface area contributed by atoms with Crippen LogP contribution in [0.1, 0.15) is 6.42 Å². The molecule has 0 amide bonds. The van der Waals surface area contributed by atoms with Gasteiger partial charge in [-0.25, -0.2) is 0 Å². The molecule has 0 saturated carbocycles. The van der Waals surface area contributed by atoms with Gasteiger partial charge in [-0.05, 0) is 6.42 Å². The van der Waals surface area contributed by atoms with Crippen LogP contribution in [0.2, 0.25) is 0 Å². The fourth-order valence-corrected chi connectivity index (χ4v) is 1.30. The summed E-state index contributed by atoms with van der Waals surface area (Å²) in [6.07, 6.45) is -0.447. The molecule has 0 bridgehead atoms. The summed E-state index contributed by atoms with van der Waals surface area (Å²) < 4.78 is 24.5. The van der Waals surface area contributed by atoms with Crippen molar-refractivity contribution in [1.82, 2.24) is 5.06 Å². The summed E-state index contributed by atoms with van der Waals surface area (Å²) in [5, 5.41) is 9.76. The smallest absolute Gasteiger partial charge is 0.0990 e. The average molecular weight is 166 g/mol. The summed E-state index contributed by atoms with van der Waals surface area (Å²) in [5.41, 5.74) is 4.29. The second kappa shape index (κ2) is 3.00. The fraction of sp³-hybridized carbons (Fsp3) is 1.00. The number of rotatable bonds is 2. The first-order valence-electron chi connectivity index (χ1n) is 3.46. The second-order valence-corrected chi connectivity index (χ2v) is 3.14. The van der Waals surface area contributed by atoms with Crippen molar-refractivity contribution in [1.29, 1.82) is 0 Å². The first kappa shape index (κ1) is 8.83. The number of alkyl halides is 2. The van der Waals surface area contributed by atoms with Crippen LogP contribution < -0.4 is 5.73 Å². The van der Waals surface area contributed by atoms with E-state index in [2.05, 4.69) is 0 Å². The third-order valence-electron chi connectivity index (χ3n) is 2.09. The van der Waals surface area contributed by atoms with Crippen LogP contribution in [0.3, 0.4) is 0 Å². The summed E-state index contributed by atoms with van der Waals surface area (Å²) >= 11 is 0. The van der Waals surface area contributed by atoms with E-state index in [1.807, 2.05) is 0 Å². The lowest BCUT2D eigenvalue weighted by atomic mass is 9.90. The van der Waals surface area contributed by atoms with E-state index < -0.39 is 24.9 Å². The molecule has 1 atom stereocenters. The highest BCUT2D eigenvalue weighted by Gasteiger charge is 2.42. The Balaban J connectivity index is 2.61. The van der Waals surface area contributed by atoms with Crippen LogP contribution in [0.4, 0.5) is 8.78 Å². The van der Waals surface area contributed by atoms with E-state index in [0.29, 0.717) is 0 Å². The Morgan fingerprint density at radius 3 is 2.27 bits per heavy atom. The standard InChI is InChI=1S/C6H12F2N2O/c7-2-6(3-8)1-5(9)10(11)4-6/h5,11H,1-4,9H2. The molecule has 3 nitrogen and oxygen atoms in total. The first-order chi connectivity index (χ1) is 5.13. The van der Waals surface area contributed by atoms with Gasteiger partial charge in [0.2, 0.25) is 0 Å². The Bertz CT molecular complexity index is 129. The Hall–Kier alpha value is -0.260. The maximum absolute atomic E-state index is 12.3. The van der Waals surface area contributed by atoms with Crippen LogP contribution in [-0.4, -0.2) is 36.3 Å². The molecule has 1 rings (SSSR count). The van der Waals surface area contributed by atoms with Crippen LogP contribution in [0.25, 0.3) is 0 Å². The van der Waals surface area contributed by atoms with Crippen molar-refractivity contribution in [3.05, 3.63) is 0 Å². The number of hydrogen-bond acceptors (Lipinski definition) is 3. The molecule has 0 aromatic rings. The molecule has 11 heavy (non-hydrogen) atoms. The zero-order valence-corrected chi connectivity index (χ0v) is 6.13. The topological polar surface area (TPSA) is 49.5 Å². The van der Waals surface area contributed by atoms with Gasteiger partial charge in [-0.2, -0.15) is 5.06 Å². The van der Waals surface area contributed by atoms with Gasteiger partial charge in [0.05, 0.1) is 19.5 Å². The molecule has 0 aromatic heterocycles. The number of hydroxylamine groups is 2. The van der Waals surface area contributed by atoms with Gasteiger partial charge in [-0.15, -0.1) is 0 Å². The molecule has 1 saturated heterocycles. The highest BCUT2D eigenvalue weighted by molar-refractivity contribution is 4.90. The van der Waals surface area contributed by atoms with Crippen molar-refractivity contribution >= 4 is 0 Å². The molecule has 0 aromatic carbocycles. The third-order valence-corrected chi connectivity index (χ3v) is 2.09. The lowest BCUT2D eigenvalue weighted by Gasteiger charge is -2.19. The van der Waals surface area contributed by atoms with Gasteiger partial charge >= 0.3 is 0 Å². The minimum atomic E-state index is -1.06. The van der Waals surface area contributed by atoms with E-state index in [1.54, 1.807) is 0 Å². The molecular formula is C6H12F2N2O. The van der Waals surface area contributed by atoms with Crippen molar-refractivity contribution in [2.24, 2.45) is 11.1 Å². The van der Waals surface area contributed by atoms with Gasteiger partial charge < -0.3 is 10.9 Å². The van der Waals surface area contributed by atoms with Gasteiger partial charge in [0.1, 0.15) is 0 Å². The summed E-state index contributed by atoms with van der Waals surface area (Å²) in [6, 6.07) is 0. The molecule has 1 heterocycles. The van der Waals surface area contributed by atoms with Crippen molar-refractivity contribution in [3.8, 4) is 0 Å². The van der Waals surface area contributed by atoms with E-state index >= 15 is 0 Å². The lowest BCUT2D eigenvalue weighted by Crippen LogP contribution is -2.33. The Morgan fingerprint density at radius 1 is 1.55 bits per heavy atom. The molecule has 1 aliphatic rings. The number of halogens is 2. The van der Waals surface area contributed by atoms with E-state index in [1.165, 1.54) is 0 Å². The van der Waals surface area contributed by atoms with Crippen molar-refractivity contribution < 1.29 is 14.0 Å². The summed E-state index contributed by atoms with van der Waals surface area (Å²) in [4.78, 5) is 0. The van der Waals surface area contributed by atoms with Gasteiger partial charge in [0.15, 0.2) is 0 Å². The molecule has 0 radical (unpaired) electrons. The van der Waals surface area contributed by atoms with Crippen LogP contribution >= 0.6 is 0 Å². The molecule has 0 spiro atoms. The van der Waals surface area contributed by atoms with Crippen LogP contribution in [0.15, 0.2) is 0 Å². The summed E-state index contributed by atoms with van der Waals surface area (Å²) in [6.45, 7) is -1.55. The quantitative estimate of drug-likeness (QED) is 0.620. The normalized spacial score (nSPS) is 31.1. The van der Waals surface area contributed by atoms with Crippen molar-refractivity contribution in [3.63, 3.8) is 0 Å². The van der Waals surface area contributed by atoms with E-state index in [0.717, 1.165) is 5.06 Å². The Kier molecular flexibility index (Phi) is 2.41. The van der Waals surface area contributed by atoms with Gasteiger partial charge in [0, 0.05) is 12.0 Å². The molecule has 1 unspecified atom stereocenters. The minimum Gasteiger partial charge on any atom is -0.314 e. The Labute approximate surface area is 63.7 Å². The largest absolute Gasteiger partial charge is 0.314 e. The summed E-state index contributed by atoms with van der Waals surface area (Å²) in [7, 11) is 0. The third kappa shape index (κ3) is 1.50. The first-order valence-corrected chi connectivity index (χ1v) is 3.46. The highest BCUT2D eigenvalue weighted by Crippen LogP contribution is 2.32. The van der Waals surface area contributed by atoms with Crippen molar-refractivity contribution in [2.45, 2.75) is 12.6 Å². The van der Waals surface area contributed by atoms with E-state index in [4.69, 9.17) is 10.9 Å². The molecule has 1 aliphatic heterocycles. The molecule has 1 fully saturated rings. The number of nitrogens with zero attached hydrogens (tertiary/aromatic N) is 1. The van der Waals surface area contributed by atoms with Crippen molar-refractivity contribution in [2.75, 3.05) is 19.9 Å². The van der Waals surface area contributed by atoms with Crippen LogP contribution in [0.5, 0.6) is 0 Å². The van der Waals surface area contributed by atoms with E-state index in [9.17, 15) is 8.78 Å². The second-order valence-electron chi connectivity index (χ2n) is 3.14. The number of nitrogens with two attached hydrogens (primary N) is 1. The highest BCUT2D eigenvalue weighted by atomic mass is 19.1. The lowest BCUT2D eigenvalue weighted by molar-refractivity contribution is -0.108. The monoisotopic (exact) mass is 166 g/mol. The zero-order valence-electron chi connectivity index (χ0n) is 6.13. The average Bonchev–Trinajstić information content (AvgIpc) is 2.29. The maximum atomic E-state index is 12.3. The maximum Gasteiger partial charge on any atom is 0.0990 e. The molecule has 5 heteroatoms. The predicted octanol–water partition coefficient (Wildman–Crippen LogP) is 0.291. The predicted molar refractivity (Wildman–Crippen MR) is 35.5 cm³/mol. The van der Waals surface area contributed by atoms with Gasteiger partial charge in [0.25, 0.3) is 0 Å². The zero-order chi connectivity index (χ0) is 8.48. The van der Waals surface area contributed by atoms with E-state index in [-0.39, 0.29) is 13.0 Å². The summed E-state index contributed by atoms with van der Waals surface area (Å²) in [5.74, 6) is 0. The minimum absolute atomic E-state index is 0.0127. The Morgan fingerprint density at radius 2 is 2.09 bits per heavy atom. The molecule has 66 valence electrons. The molecule has 0 aliphatic carbocycles. The molecule has 3 N–H and O–H groups in total. The van der Waals surface area contributed by atoms with Gasteiger partial charge in [-0.1, -0.05) is 0 Å². The van der Waals surface area contributed by atoms with Crippen LogP contribution in [-0.2, 0) is 0 Å². The van der Waals surface area contributed by atoms with Crippen LogP contribution in [0, 0.1) is 5.41 Å². The molecular weight excluding hydrogens is 154 g/mol. The fourth-order valence-electron chi connectivity index (χ4n) is 1.30. The van der Waals surface area contributed by atoms with Gasteiger partial charge in [-0.3, -0.25) is 8.78 Å². The SMILES string of the molecule is NC1CC(CF)(CF)CN1O. The number of hydrogen-bond donors (Lipinski definition) is 2.